The van der Waals surface area contributed by atoms with Crippen LogP contribution in [0.25, 0.3) is 0 Å². The number of urea groups is 1. The third kappa shape index (κ3) is 4.75. The SMILES string of the molecule is O=C(NCCc1ccccc1)NC(Cc1ccc2c(c1)OCO2)C1CCNC1. The van der Waals surface area contributed by atoms with Crippen molar-refractivity contribution in [3.8, 4) is 11.5 Å². The lowest BCUT2D eigenvalue weighted by atomic mass is 9.92. The third-order valence-electron chi connectivity index (χ3n) is 5.42. The van der Waals surface area contributed by atoms with Gasteiger partial charge in [0.2, 0.25) is 6.79 Å². The van der Waals surface area contributed by atoms with Crippen molar-refractivity contribution in [2.45, 2.75) is 25.3 Å². The van der Waals surface area contributed by atoms with E-state index < -0.39 is 0 Å². The highest BCUT2D eigenvalue weighted by Crippen LogP contribution is 2.33. The molecule has 6 heteroatoms. The molecule has 0 saturated carbocycles. The van der Waals surface area contributed by atoms with Crippen molar-refractivity contribution in [1.82, 2.24) is 16.0 Å². The zero-order valence-electron chi connectivity index (χ0n) is 15.9. The van der Waals surface area contributed by atoms with Crippen molar-refractivity contribution >= 4 is 6.03 Å². The number of carbonyl (C=O) groups is 1. The van der Waals surface area contributed by atoms with Gasteiger partial charge in [-0.1, -0.05) is 36.4 Å². The number of carbonyl (C=O) groups excluding carboxylic acids is 1. The summed E-state index contributed by atoms with van der Waals surface area (Å²) in [5.41, 5.74) is 2.37. The fourth-order valence-corrected chi connectivity index (χ4v) is 3.86. The Balaban J connectivity index is 1.34. The topological polar surface area (TPSA) is 71.6 Å². The van der Waals surface area contributed by atoms with E-state index in [0.29, 0.717) is 12.5 Å². The molecule has 2 atom stereocenters. The molecule has 6 nitrogen and oxygen atoms in total. The summed E-state index contributed by atoms with van der Waals surface area (Å²) >= 11 is 0. The lowest BCUT2D eigenvalue weighted by Crippen LogP contribution is -2.47. The van der Waals surface area contributed by atoms with Crippen molar-refractivity contribution in [1.29, 1.82) is 0 Å². The first-order valence-corrected chi connectivity index (χ1v) is 9.95. The van der Waals surface area contributed by atoms with Gasteiger partial charge in [-0.2, -0.15) is 0 Å². The minimum Gasteiger partial charge on any atom is -0.454 e. The monoisotopic (exact) mass is 381 g/mol. The second-order valence-electron chi connectivity index (χ2n) is 7.39. The Hall–Kier alpha value is -2.73. The van der Waals surface area contributed by atoms with E-state index in [1.54, 1.807) is 0 Å². The summed E-state index contributed by atoms with van der Waals surface area (Å²) in [5.74, 6) is 1.99. The average Bonchev–Trinajstić information content (AvgIpc) is 3.40. The summed E-state index contributed by atoms with van der Waals surface area (Å²) in [6, 6.07) is 16.2. The Morgan fingerprint density at radius 3 is 2.79 bits per heavy atom. The minimum absolute atomic E-state index is 0.0760. The molecule has 2 aliphatic heterocycles. The van der Waals surface area contributed by atoms with Crippen LogP contribution < -0.4 is 25.4 Å². The highest BCUT2D eigenvalue weighted by molar-refractivity contribution is 5.74. The van der Waals surface area contributed by atoms with Gasteiger partial charge < -0.3 is 25.4 Å². The fourth-order valence-electron chi connectivity index (χ4n) is 3.86. The van der Waals surface area contributed by atoms with Crippen LogP contribution in [0.2, 0.25) is 0 Å². The number of nitrogens with one attached hydrogen (secondary N) is 3. The first-order valence-electron chi connectivity index (χ1n) is 9.95. The molecule has 0 bridgehead atoms. The molecule has 28 heavy (non-hydrogen) atoms. The summed E-state index contributed by atoms with van der Waals surface area (Å²) in [6.07, 6.45) is 2.67. The second-order valence-corrected chi connectivity index (χ2v) is 7.39. The van der Waals surface area contributed by atoms with Gasteiger partial charge in [0.1, 0.15) is 0 Å². The quantitative estimate of drug-likeness (QED) is 0.689. The average molecular weight is 381 g/mol. The summed E-state index contributed by atoms with van der Waals surface area (Å²) < 4.78 is 10.9. The molecule has 2 heterocycles. The molecule has 0 aliphatic carbocycles. The highest BCUT2D eigenvalue weighted by atomic mass is 16.7. The molecule has 1 saturated heterocycles. The maximum atomic E-state index is 12.5. The molecule has 4 rings (SSSR count). The Morgan fingerprint density at radius 2 is 1.96 bits per heavy atom. The molecule has 0 aromatic heterocycles. The highest BCUT2D eigenvalue weighted by Gasteiger charge is 2.27. The minimum atomic E-state index is -0.103. The Morgan fingerprint density at radius 1 is 1.11 bits per heavy atom. The molecule has 3 N–H and O–H groups in total. The van der Waals surface area contributed by atoms with Gasteiger partial charge in [0.05, 0.1) is 0 Å². The first-order chi connectivity index (χ1) is 13.8. The number of hydrogen-bond acceptors (Lipinski definition) is 4. The fraction of sp³-hybridized carbons (Fsp3) is 0.409. The molecular formula is C22H27N3O3. The molecule has 0 radical (unpaired) electrons. The maximum Gasteiger partial charge on any atom is 0.315 e. The number of ether oxygens (including phenoxy) is 2. The lowest BCUT2D eigenvalue weighted by Gasteiger charge is -2.25. The van der Waals surface area contributed by atoms with Crippen LogP contribution in [0, 0.1) is 5.92 Å². The van der Waals surface area contributed by atoms with Gasteiger partial charge in [-0.25, -0.2) is 4.79 Å². The largest absolute Gasteiger partial charge is 0.454 e. The van der Waals surface area contributed by atoms with Crippen LogP contribution in [0.4, 0.5) is 4.79 Å². The number of amides is 2. The Labute approximate surface area is 165 Å². The second kappa shape index (κ2) is 8.97. The molecule has 1 fully saturated rings. The number of benzene rings is 2. The van der Waals surface area contributed by atoms with Gasteiger partial charge in [-0.15, -0.1) is 0 Å². The standard InChI is InChI=1S/C22H27N3O3/c26-22(24-11-8-16-4-2-1-3-5-16)25-19(18-9-10-23-14-18)12-17-6-7-20-21(13-17)28-15-27-20/h1-7,13,18-19,23H,8-12,14-15H2,(H2,24,25,26). The van der Waals surface area contributed by atoms with E-state index >= 15 is 0 Å². The third-order valence-corrected chi connectivity index (χ3v) is 5.42. The van der Waals surface area contributed by atoms with E-state index in [1.165, 1.54) is 5.56 Å². The zero-order chi connectivity index (χ0) is 19.2. The van der Waals surface area contributed by atoms with Gasteiger partial charge in [0.15, 0.2) is 11.5 Å². The van der Waals surface area contributed by atoms with Gasteiger partial charge in [0.25, 0.3) is 0 Å². The molecule has 2 aromatic carbocycles. The summed E-state index contributed by atoms with van der Waals surface area (Å²) in [6.45, 7) is 2.82. The summed E-state index contributed by atoms with van der Waals surface area (Å²) in [5, 5.41) is 9.60. The van der Waals surface area contributed by atoms with Gasteiger partial charge in [-0.3, -0.25) is 0 Å². The van der Waals surface area contributed by atoms with E-state index in [0.717, 1.165) is 49.4 Å². The zero-order valence-corrected chi connectivity index (χ0v) is 15.9. The van der Waals surface area contributed by atoms with Gasteiger partial charge >= 0.3 is 6.03 Å². The Kier molecular flexibility index (Phi) is 5.97. The van der Waals surface area contributed by atoms with Crippen LogP contribution in [0.15, 0.2) is 48.5 Å². The predicted octanol–water partition coefficient (Wildman–Crippen LogP) is 2.48. The maximum absolute atomic E-state index is 12.5. The van der Waals surface area contributed by atoms with Crippen molar-refractivity contribution in [2.75, 3.05) is 26.4 Å². The van der Waals surface area contributed by atoms with Gasteiger partial charge in [-0.05, 0) is 61.5 Å². The smallest absolute Gasteiger partial charge is 0.315 e. The summed E-state index contributed by atoms with van der Waals surface area (Å²) in [7, 11) is 0. The van der Waals surface area contributed by atoms with Gasteiger partial charge in [0, 0.05) is 12.6 Å². The van der Waals surface area contributed by atoms with Crippen LogP contribution in [-0.4, -0.2) is 38.5 Å². The number of rotatable bonds is 7. The van der Waals surface area contributed by atoms with E-state index in [2.05, 4.69) is 34.1 Å². The predicted molar refractivity (Wildman–Crippen MR) is 108 cm³/mol. The molecular weight excluding hydrogens is 354 g/mol. The Bertz CT molecular complexity index is 791. The van der Waals surface area contributed by atoms with Crippen molar-refractivity contribution < 1.29 is 14.3 Å². The molecule has 2 amide bonds. The van der Waals surface area contributed by atoms with E-state index in [1.807, 2.05) is 30.3 Å². The normalized spacial score (nSPS) is 18.6. The molecule has 2 aliphatic rings. The van der Waals surface area contributed by atoms with Crippen LogP contribution in [0.1, 0.15) is 17.5 Å². The van der Waals surface area contributed by atoms with Crippen molar-refractivity contribution in [3.63, 3.8) is 0 Å². The van der Waals surface area contributed by atoms with Crippen LogP contribution in [0.5, 0.6) is 11.5 Å². The van der Waals surface area contributed by atoms with Crippen molar-refractivity contribution in [3.05, 3.63) is 59.7 Å². The number of fused-ring (bicyclic) bond motifs is 1. The lowest BCUT2D eigenvalue weighted by molar-refractivity contribution is 0.174. The van der Waals surface area contributed by atoms with Crippen LogP contribution in [-0.2, 0) is 12.8 Å². The first kappa shape index (κ1) is 18.6. The summed E-state index contributed by atoms with van der Waals surface area (Å²) in [4.78, 5) is 12.5. The van der Waals surface area contributed by atoms with Crippen molar-refractivity contribution in [2.24, 2.45) is 5.92 Å². The molecule has 2 aromatic rings. The van der Waals surface area contributed by atoms with Crippen LogP contribution in [0.3, 0.4) is 0 Å². The van der Waals surface area contributed by atoms with E-state index in [-0.39, 0.29) is 18.9 Å². The molecule has 2 unspecified atom stereocenters. The van der Waals surface area contributed by atoms with E-state index in [9.17, 15) is 4.79 Å². The molecule has 148 valence electrons. The van der Waals surface area contributed by atoms with Crippen LogP contribution >= 0.6 is 0 Å². The number of hydrogen-bond donors (Lipinski definition) is 3. The van der Waals surface area contributed by atoms with E-state index in [4.69, 9.17) is 9.47 Å². The molecule has 0 spiro atoms.